The first-order chi connectivity index (χ1) is 16.1. The maximum Gasteiger partial charge on any atom is 0.407 e. The normalized spacial score (nSPS) is 18.8. The zero-order chi connectivity index (χ0) is 24.9. The molecule has 3 unspecified atom stereocenters. The highest BCUT2D eigenvalue weighted by Crippen LogP contribution is 2.34. The van der Waals surface area contributed by atoms with Gasteiger partial charge >= 0.3 is 6.09 Å². The highest BCUT2D eigenvalue weighted by molar-refractivity contribution is 7.90. The summed E-state index contributed by atoms with van der Waals surface area (Å²) in [5, 5.41) is 12.7. The van der Waals surface area contributed by atoms with Crippen molar-refractivity contribution in [3.05, 3.63) is 29.6 Å². The van der Waals surface area contributed by atoms with E-state index in [9.17, 15) is 18.0 Å². The van der Waals surface area contributed by atoms with Gasteiger partial charge in [0.1, 0.15) is 6.10 Å². The number of rotatable bonds is 9. The molecule has 1 aliphatic rings. The van der Waals surface area contributed by atoms with Gasteiger partial charge in [0.2, 0.25) is 11.8 Å². The van der Waals surface area contributed by atoms with Gasteiger partial charge in [-0.1, -0.05) is 6.92 Å². The van der Waals surface area contributed by atoms with Gasteiger partial charge in [0.25, 0.3) is 0 Å². The third-order valence-electron chi connectivity index (χ3n) is 5.83. The number of aromatic nitrogens is 3. The number of carbonyl (C=O) groups excluding carboxylic acids is 2. The van der Waals surface area contributed by atoms with Crippen molar-refractivity contribution in [2.75, 3.05) is 18.7 Å². The average molecular weight is 494 g/mol. The highest BCUT2D eigenvalue weighted by atomic mass is 32.2. The van der Waals surface area contributed by atoms with E-state index in [-0.39, 0.29) is 40.8 Å². The summed E-state index contributed by atoms with van der Waals surface area (Å²) in [6.07, 6.45) is 4.71. The van der Waals surface area contributed by atoms with E-state index < -0.39 is 21.8 Å². The second-order valence-electron chi connectivity index (χ2n) is 8.52. The molecule has 3 atom stereocenters. The lowest BCUT2D eigenvalue weighted by molar-refractivity contribution is -0.115. The second kappa shape index (κ2) is 10.9. The molecular formula is C22H31N5O6S. The van der Waals surface area contributed by atoms with Crippen LogP contribution in [0, 0.1) is 0 Å². The summed E-state index contributed by atoms with van der Waals surface area (Å²) in [4.78, 5) is 28.5. The molecule has 2 amide bonds. The van der Waals surface area contributed by atoms with Crippen molar-refractivity contribution in [3.8, 4) is 5.88 Å². The molecule has 2 aromatic heterocycles. The van der Waals surface area contributed by atoms with Gasteiger partial charge in [0.05, 0.1) is 18.4 Å². The van der Waals surface area contributed by atoms with Crippen molar-refractivity contribution < 1.29 is 27.5 Å². The van der Waals surface area contributed by atoms with Crippen LogP contribution >= 0.6 is 0 Å². The Morgan fingerprint density at radius 1 is 1.29 bits per heavy atom. The van der Waals surface area contributed by atoms with Crippen LogP contribution in [0.25, 0.3) is 0 Å². The Labute approximate surface area is 198 Å². The Bertz CT molecular complexity index is 1130. The molecule has 2 aromatic rings. The first-order valence-corrected chi connectivity index (χ1v) is 13.0. The predicted octanol–water partition coefficient (Wildman–Crippen LogP) is 2.56. The first kappa shape index (κ1) is 25.5. The van der Waals surface area contributed by atoms with Gasteiger partial charge in [-0.05, 0) is 38.2 Å². The minimum Gasteiger partial charge on any atom is -0.481 e. The molecule has 1 aliphatic carbocycles. The van der Waals surface area contributed by atoms with E-state index in [1.807, 2.05) is 13.8 Å². The van der Waals surface area contributed by atoms with Crippen molar-refractivity contribution in [1.29, 1.82) is 0 Å². The van der Waals surface area contributed by atoms with Crippen molar-refractivity contribution in [2.24, 2.45) is 0 Å². The zero-order valence-corrected chi connectivity index (χ0v) is 20.6. The van der Waals surface area contributed by atoms with E-state index >= 15 is 0 Å². The third-order valence-corrected chi connectivity index (χ3v) is 6.99. The summed E-state index contributed by atoms with van der Waals surface area (Å²) >= 11 is 0. The van der Waals surface area contributed by atoms with Crippen molar-refractivity contribution in [3.63, 3.8) is 0 Å². The lowest BCUT2D eigenvalue weighted by Gasteiger charge is -2.16. The Kier molecular flexibility index (Phi) is 8.13. The molecule has 1 saturated carbocycles. The number of ether oxygens (including phenoxy) is 2. The van der Waals surface area contributed by atoms with Gasteiger partial charge in [-0.25, -0.2) is 18.2 Å². The number of methoxy groups -OCH3 is 1. The average Bonchev–Trinajstić information content (AvgIpc) is 3.42. The molecule has 11 nitrogen and oxygen atoms in total. The molecule has 3 N–H and O–H groups in total. The maximum atomic E-state index is 12.6. The number of hydrogen-bond donors (Lipinski definition) is 3. The van der Waals surface area contributed by atoms with Crippen LogP contribution in [0.3, 0.4) is 0 Å². The number of aromatic amines is 1. The number of hydrogen-bond acceptors (Lipinski definition) is 8. The smallest absolute Gasteiger partial charge is 0.407 e. The minimum absolute atomic E-state index is 0.0129. The molecule has 1 fully saturated rings. The lowest BCUT2D eigenvalue weighted by Crippen LogP contribution is -2.35. The van der Waals surface area contributed by atoms with E-state index in [0.29, 0.717) is 5.82 Å². The fourth-order valence-electron chi connectivity index (χ4n) is 3.88. The first-order valence-electron chi connectivity index (χ1n) is 11.1. The zero-order valence-electron chi connectivity index (χ0n) is 19.8. The topological polar surface area (TPSA) is 152 Å². The molecule has 0 aromatic carbocycles. The molecule has 12 heteroatoms. The van der Waals surface area contributed by atoms with Gasteiger partial charge in [-0.3, -0.25) is 9.89 Å². The number of nitrogens with zero attached hydrogens (tertiary/aromatic N) is 2. The monoisotopic (exact) mass is 493 g/mol. The summed E-state index contributed by atoms with van der Waals surface area (Å²) < 4.78 is 34.4. The molecule has 0 saturated heterocycles. The molecule has 186 valence electrons. The fraction of sp³-hybridized carbons (Fsp3) is 0.545. The number of anilines is 1. The number of carbonyl (C=O) groups is 2. The minimum atomic E-state index is -3.57. The number of amides is 2. The van der Waals surface area contributed by atoms with Crippen LogP contribution < -0.4 is 15.4 Å². The van der Waals surface area contributed by atoms with Gasteiger partial charge in [-0.15, -0.1) is 0 Å². The van der Waals surface area contributed by atoms with Crippen LogP contribution in [-0.4, -0.2) is 61.1 Å². The summed E-state index contributed by atoms with van der Waals surface area (Å²) in [5.41, 5.74) is 1.15. The largest absolute Gasteiger partial charge is 0.481 e. The summed E-state index contributed by atoms with van der Waals surface area (Å²) in [5.74, 6) is 0.299. The molecule has 3 rings (SSSR count). The van der Waals surface area contributed by atoms with Crippen LogP contribution in [0.5, 0.6) is 5.88 Å². The van der Waals surface area contributed by atoms with Crippen molar-refractivity contribution >= 4 is 27.7 Å². The second-order valence-corrected chi connectivity index (χ2v) is 10.5. The number of alkyl carbamates (subject to hydrolysis) is 1. The highest BCUT2D eigenvalue weighted by Gasteiger charge is 2.29. The number of sulfone groups is 1. The Balaban J connectivity index is 1.58. The van der Waals surface area contributed by atoms with Crippen LogP contribution in [0.2, 0.25) is 0 Å². The van der Waals surface area contributed by atoms with Crippen molar-refractivity contribution in [1.82, 2.24) is 20.5 Å². The molecule has 0 radical (unpaired) electrons. The standard InChI is InChI=1S/C22H31N5O6S/c1-5-13(2)33-22(29)24-16-7-6-14(8-16)17-11-19(27-26-17)25-20(28)9-15-10-21(32-3)23-12-18(15)34(4,30)31/h10-14,16H,5-9H2,1-4H3,(H,24,29)(H2,25,26,27,28). The molecule has 0 spiro atoms. The van der Waals surface area contributed by atoms with Crippen LogP contribution in [-0.2, 0) is 25.8 Å². The fourth-order valence-corrected chi connectivity index (χ4v) is 4.73. The van der Waals surface area contributed by atoms with Gasteiger partial charge in [0, 0.05) is 42.2 Å². The number of H-pyrrole nitrogens is 1. The van der Waals surface area contributed by atoms with E-state index in [2.05, 4.69) is 25.8 Å². The predicted molar refractivity (Wildman–Crippen MR) is 125 cm³/mol. The Morgan fingerprint density at radius 3 is 2.74 bits per heavy atom. The molecular weight excluding hydrogens is 462 g/mol. The lowest BCUT2D eigenvalue weighted by atomic mass is 10.0. The maximum absolute atomic E-state index is 12.6. The number of nitrogens with one attached hydrogen (secondary N) is 3. The van der Waals surface area contributed by atoms with Gasteiger partial charge in [-0.2, -0.15) is 5.10 Å². The summed E-state index contributed by atoms with van der Waals surface area (Å²) in [6, 6.07) is 3.20. The third kappa shape index (κ3) is 6.69. The molecule has 0 aliphatic heterocycles. The van der Waals surface area contributed by atoms with Gasteiger partial charge in [0.15, 0.2) is 15.7 Å². The van der Waals surface area contributed by atoms with Crippen molar-refractivity contribution in [2.45, 2.75) is 68.9 Å². The summed E-state index contributed by atoms with van der Waals surface area (Å²) in [7, 11) is -2.15. The molecule has 0 bridgehead atoms. The Hall–Kier alpha value is -3.15. The van der Waals surface area contributed by atoms with E-state index in [4.69, 9.17) is 9.47 Å². The van der Waals surface area contributed by atoms with E-state index in [1.54, 1.807) is 6.07 Å². The summed E-state index contributed by atoms with van der Waals surface area (Å²) in [6.45, 7) is 3.81. The number of pyridine rings is 1. The van der Waals surface area contributed by atoms with E-state index in [0.717, 1.165) is 37.6 Å². The Morgan fingerprint density at radius 2 is 2.06 bits per heavy atom. The van der Waals surface area contributed by atoms with Crippen LogP contribution in [0.1, 0.15) is 56.7 Å². The van der Waals surface area contributed by atoms with Gasteiger partial charge < -0.3 is 20.1 Å². The van der Waals surface area contributed by atoms with Crippen LogP contribution in [0.15, 0.2) is 23.2 Å². The van der Waals surface area contributed by atoms with E-state index in [1.165, 1.54) is 19.4 Å². The molecule has 34 heavy (non-hydrogen) atoms. The van der Waals surface area contributed by atoms with Crippen LogP contribution in [0.4, 0.5) is 10.6 Å². The molecule has 2 heterocycles. The SMILES string of the molecule is CCC(C)OC(=O)NC1CCC(c2cc(NC(=O)Cc3cc(OC)ncc3S(C)(=O)=O)n[nH]2)C1. The quantitative estimate of drug-likeness (QED) is 0.482.